The lowest BCUT2D eigenvalue weighted by Gasteiger charge is -2.34. The lowest BCUT2D eigenvalue weighted by Crippen LogP contribution is -2.50. The Kier molecular flexibility index (Phi) is 5.87. The number of amides is 1. The lowest BCUT2D eigenvalue weighted by molar-refractivity contribution is 0.0599. The number of benzene rings is 1. The maximum absolute atomic E-state index is 12.9. The Balaban J connectivity index is 1.67. The molecule has 1 aromatic heterocycles. The molecule has 1 aliphatic rings. The molecule has 0 aliphatic carbocycles. The van der Waals surface area contributed by atoms with Crippen LogP contribution in [0.2, 0.25) is 0 Å². The number of carbonyl (C=O) groups excluding carboxylic acids is 2. The summed E-state index contributed by atoms with van der Waals surface area (Å²) in [5.74, 6) is -0.646. The second-order valence-electron chi connectivity index (χ2n) is 6.54. The predicted octanol–water partition coefficient (Wildman–Crippen LogP) is 2.30. The van der Waals surface area contributed by atoms with Gasteiger partial charge < -0.3 is 9.64 Å². The Morgan fingerprint density at radius 1 is 1.00 bits per heavy atom. The Hall–Kier alpha value is -2.23. The van der Waals surface area contributed by atoms with Gasteiger partial charge in [0.1, 0.15) is 0 Å². The van der Waals surface area contributed by atoms with Gasteiger partial charge in [0.15, 0.2) is 0 Å². The molecule has 0 atom stereocenters. The molecule has 0 unspecified atom stereocenters. The molecule has 1 saturated heterocycles. The predicted molar refractivity (Wildman–Crippen MR) is 106 cm³/mol. The molecule has 150 valence electrons. The monoisotopic (exact) mass is 422 g/mol. The van der Waals surface area contributed by atoms with E-state index >= 15 is 0 Å². The van der Waals surface area contributed by atoms with Crippen molar-refractivity contribution in [1.29, 1.82) is 0 Å². The fourth-order valence-corrected chi connectivity index (χ4v) is 6.13. The molecule has 1 aromatic carbocycles. The van der Waals surface area contributed by atoms with Gasteiger partial charge in [-0.25, -0.2) is 13.2 Å². The van der Waals surface area contributed by atoms with Gasteiger partial charge in [-0.1, -0.05) is 0 Å². The van der Waals surface area contributed by atoms with E-state index in [1.807, 2.05) is 13.8 Å². The van der Waals surface area contributed by atoms with Gasteiger partial charge in [0.2, 0.25) is 10.0 Å². The minimum absolute atomic E-state index is 0.184. The molecule has 1 amide bonds. The van der Waals surface area contributed by atoms with Gasteiger partial charge in [0.25, 0.3) is 5.91 Å². The third-order valence-corrected chi connectivity index (χ3v) is 7.81. The number of ether oxygens (including phenoxy) is 1. The maximum atomic E-state index is 12.9. The zero-order chi connectivity index (χ0) is 20.5. The largest absolute Gasteiger partial charge is 0.465 e. The second kappa shape index (κ2) is 8.02. The van der Waals surface area contributed by atoms with Crippen LogP contribution in [0.15, 0.2) is 35.2 Å². The van der Waals surface area contributed by atoms with Crippen molar-refractivity contribution in [3.05, 3.63) is 51.2 Å². The van der Waals surface area contributed by atoms with Crippen molar-refractivity contribution in [3.63, 3.8) is 0 Å². The summed E-state index contributed by atoms with van der Waals surface area (Å²) in [6.45, 7) is 4.84. The van der Waals surface area contributed by atoms with Crippen molar-refractivity contribution in [2.75, 3.05) is 33.3 Å². The van der Waals surface area contributed by atoms with E-state index in [2.05, 4.69) is 4.74 Å². The molecule has 7 nitrogen and oxygen atoms in total. The molecule has 9 heteroatoms. The first-order chi connectivity index (χ1) is 13.2. The minimum atomic E-state index is -3.55. The van der Waals surface area contributed by atoms with Crippen molar-refractivity contribution in [2.45, 2.75) is 18.7 Å². The highest BCUT2D eigenvalue weighted by atomic mass is 32.2. The van der Waals surface area contributed by atoms with Gasteiger partial charge in [0, 0.05) is 41.5 Å². The zero-order valence-corrected chi connectivity index (χ0v) is 17.6. The van der Waals surface area contributed by atoms with Crippen LogP contribution in [0.3, 0.4) is 0 Å². The van der Waals surface area contributed by atoms with Crippen molar-refractivity contribution in [2.24, 2.45) is 0 Å². The van der Waals surface area contributed by atoms with Gasteiger partial charge in [-0.2, -0.15) is 4.31 Å². The number of piperazine rings is 1. The van der Waals surface area contributed by atoms with Gasteiger partial charge in [0.05, 0.1) is 17.6 Å². The summed E-state index contributed by atoms with van der Waals surface area (Å²) in [5, 5.41) is 0. The second-order valence-corrected chi connectivity index (χ2v) is 9.91. The van der Waals surface area contributed by atoms with Gasteiger partial charge in [-0.05, 0) is 44.2 Å². The number of methoxy groups -OCH3 is 1. The average molecular weight is 423 g/mol. The first-order valence-corrected chi connectivity index (χ1v) is 11.0. The summed E-state index contributed by atoms with van der Waals surface area (Å²) in [6.07, 6.45) is 0. The van der Waals surface area contributed by atoms with Crippen LogP contribution in [0.1, 0.15) is 30.5 Å². The molecule has 2 aromatic rings. The normalized spacial score (nSPS) is 15.5. The number of sulfonamides is 1. The summed E-state index contributed by atoms with van der Waals surface area (Å²) in [4.78, 5) is 27.9. The fourth-order valence-electron chi connectivity index (χ4n) is 3.18. The third kappa shape index (κ3) is 3.96. The maximum Gasteiger partial charge on any atom is 0.337 e. The van der Waals surface area contributed by atoms with Crippen LogP contribution in [0.4, 0.5) is 0 Å². The van der Waals surface area contributed by atoms with E-state index in [0.717, 1.165) is 9.75 Å². The summed E-state index contributed by atoms with van der Waals surface area (Å²) >= 11 is 1.46. The SMILES string of the molecule is COC(=O)c1ccc(C(=O)N2CCN(S(=O)(=O)c3cc(C)sc3C)CC2)cc1. The number of esters is 1. The van der Waals surface area contributed by atoms with E-state index in [4.69, 9.17) is 0 Å². The first kappa shape index (κ1) is 20.5. The quantitative estimate of drug-likeness (QED) is 0.706. The van der Waals surface area contributed by atoms with E-state index in [9.17, 15) is 18.0 Å². The van der Waals surface area contributed by atoms with Crippen molar-refractivity contribution in [3.8, 4) is 0 Å². The van der Waals surface area contributed by atoms with Crippen molar-refractivity contribution < 1.29 is 22.7 Å². The van der Waals surface area contributed by atoms with Crippen molar-refractivity contribution >= 4 is 33.2 Å². The summed E-state index contributed by atoms with van der Waals surface area (Å²) in [5.41, 5.74) is 0.824. The standard InChI is InChI=1S/C19H22N2O5S2/c1-13-12-17(14(2)27-13)28(24,25)21-10-8-20(9-11-21)18(22)15-4-6-16(7-5-15)19(23)26-3/h4-7,12H,8-11H2,1-3H3. The summed E-state index contributed by atoms with van der Waals surface area (Å²) in [7, 11) is -2.25. The Morgan fingerprint density at radius 3 is 2.07 bits per heavy atom. The lowest BCUT2D eigenvalue weighted by atomic mass is 10.1. The van der Waals surface area contributed by atoms with E-state index in [1.165, 1.54) is 22.8 Å². The third-order valence-electron chi connectivity index (χ3n) is 4.69. The van der Waals surface area contributed by atoms with E-state index < -0.39 is 16.0 Å². The highest BCUT2D eigenvalue weighted by Gasteiger charge is 2.32. The molecule has 3 rings (SSSR count). The Morgan fingerprint density at radius 2 is 1.57 bits per heavy atom. The molecule has 0 radical (unpaired) electrons. The first-order valence-electron chi connectivity index (χ1n) is 8.79. The molecule has 1 aliphatic heterocycles. The van der Waals surface area contributed by atoms with Gasteiger partial charge in [-0.3, -0.25) is 4.79 Å². The van der Waals surface area contributed by atoms with Crippen LogP contribution in [0.5, 0.6) is 0 Å². The molecule has 28 heavy (non-hydrogen) atoms. The fraction of sp³-hybridized carbons (Fsp3) is 0.368. The number of aryl methyl sites for hydroxylation is 2. The molecule has 0 spiro atoms. The van der Waals surface area contributed by atoms with E-state index in [1.54, 1.807) is 35.2 Å². The van der Waals surface area contributed by atoms with Crippen LogP contribution in [0.25, 0.3) is 0 Å². The highest BCUT2D eigenvalue weighted by molar-refractivity contribution is 7.89. The van der Waals surface area contributed by atoms with E-state index in [0.29, 0.717) is 29.1 Å². The number of hydrogen-bond acceptors (Lipinski definition) is 6. The Bertz CT molecular complexity index is 988. The van der Waals surface area contributed by atoms with Crippen LogP contribution in [-0.4, -0.2) is 62.8 Å². The van der Waals surface area contributed by atoms with Crippen LogP contribution in [-0.2, 0) is 14.8 Å². The molecule has 0 bridgehead atoms. The number of carbonyl (C=O) groups is 2. The highest BCUT2D eigenvalue weighted by Crippen LogP contribution is 2.28. The minimum Gasteiger partial charge on any atom is -0.465 e. The smallest absolute Gasteiger partial charge is 0.337 e. The van der Waals surface area contributed by atoms with Crippen LogP contribution >= 0.6 is 11.3 Å². The van der Waals surface area contributed by atoms with Gasteiger partial charge >= 0.3 is 5.97 Å². The molecular formula is C19H22N2O5S2. The van der Waals surface area contributed by atoms with Crippen molar-refractivity contribution in [1.82, 2.24) is 9.21 Å². The number of rotatable bonds is 4. The molecule has 0 saturated carbocycles. The molecule has 1 fully saturated rings. The average Bonchev–Trinajstić information content (AvgIpc) is 3.06. The van der Waals surface area contributed by atoms with Crippen LogP contribution < -0.4 is 0 Å². The Labute approximate surface area is 168 Å². The topological polar surface area (TPSA) is 84.0 Å². The number of hydrogen-bond donors (Lipinski definition) is 0. The number of nitrogens with zero attached hydrogens (tertiary/aromatic N) is 2. The van der Waals surface area contributed by atoms with Gasteiger partial charge in [-0.15, -0.1) is 11.3 Å². The zero-order valence-electron chi connectivity index (χ0n) is 16.0. The summed E-state index contributed by atoms with van der Waals surface area (Å²) in [6, 6.07) is 7.95. The summed E-state index contributed by atoms with van der Waals surface area (Å²) < 4.78 is 31.8. The molecular weight excluding hydrogens is 400 g/mol. The van der Waals surface area contributed by atoms with E-state index in [-0.39, 0.29) is 19.0 Å². The number of thiophene rings is 1. The molecule has 0 N–H and O–H groups in total. The molecule has 2 heterocycles. The van der Waals surface area contributed by atoms with Crippen LogP contribution in [0, 0.1) is 13.8 Å².